The van der Waals surface area contributed by atoms with Crippen LogP contribution < -0.4 is 10.2 Å². The quantitative estimate of drug-likeness (QED) is 0.782. The average molecular weight is 336 g/mol. The van der Waals surface area contributed by atoms with Crippen molar-refractivity contribution in [1.29, 1.82) is 0 Å². The lowest BCUT2D eigenvalue weighted by atomic mass is 10.0. The molecule has 2 aromatic carbocycles. The number of rotatable bonds is 1. The molecule has 0 saturated carbocycles. The lowest BCUT2D eigenvalue weighted by Gasteiger charge is -2.21. The number of hydrogen-bond acceptors (Lipinski definition) is 3. The first-order valence-electron chi connectivity index (χ1n) is 8.53. The Morgan fingerprint density at radius 3 is 2.56 bits per heavy atom. The minimum atomic E-state index is -0.709. The molecule has 3 atom stereocenters. The van der Waals surface area contributed by atoms with E-state index in [-0.39, 0.29) is 5.92 Å². The minimum Gasteiger partial charge on any atom is -0.390 e. The van der Waals surface area contributed by atoms with Crippen molar-refractivity contribution in [2.75, 3.05) is 11.4 Å². The van der Waals surface area contributed by atoms with Gasteiger partial charge in [-0.2, -0.15) is 0 Å². The Labute approximate surface area is 146 Å². The molecular weight excluding hydrogens is 316 g/mol. The molecule has 25 heavy (non-hydrogen) atoms. The Bertz CT molecular complexity index is 848. The van der Waals surface area contributed by atoms with Gasteiger partial charge in [-0.3, -0.25) is 9.59 Å². The molecule has 2 aliphatic rings. The van der Waals surface area contributed by atoms with E-state index in [0.717, 1.165) is 22.4 Å². The van der Waals surface area contributed by atoms with Gasteiger partial charge in [-0.1, -0.05) is 49.4 Å². The first-order valence-corrected chi connectivity index (χ1v) is 8.53. The summed E-state index contributed by atoms with van der Waals surface area (Å²) in [4.78, 5) is 26.8. The molecule has 2 N–H and O–H groups in total. The number of aliphatic hydroxyl groups excluding tert-OH is 1. The first kappa shape index (κ1) is 15.8. The van der Waals surface area contributed by atoms with Crippen molar-refractivity contribution in [1.82, 2.24) is 5.32 Å². The lowest BCUT2D eigenvalue weighted by Crippen LogP contribution is -2.45. The Morgan fingerprint density at radius 1 is 1.08 bits per heavy atom. The maximum absolute atomic E-state index is 12.7. The predicted molar refractivity (Wildman–Crippen MR) is 94.2 cm³/mol. The third-order valence-corrected chi connectivity index (χ3v) is 5.14. The van der Waals surface area contributed by atoms with E-state index in [9.17, 15) is 14.7 Å². The average Bonchev–Trinajstić information content (AvgIpc) is 3.12. The number of nitrogens with zero attached hydrogens (tertiary/aromatic N) is 1. The molecule has 1 aliphatic carbocycles. The molecule has 0 saturated heterocycles. The van der Waals surface area contributed by atoms with Crippen LogP contribution in [0.5, 0.6) is 0 Å². The van der Waals surface area contributed by atoms with Crippen LogP contribution in [0.4, 0.5) is 5.69 Å². The summed E-state index contributed by atoms with van der Waals surface area (Å²) in [5.41, 5.74) is 3.76. The van der Waals surface area contributed by atoms with Crippen molar-refractivity contribution < 1.29 is 14.7 Å². The van der Waals surface area contributed by atoms with E-state index >= 15 is 0 Å². The number of aliphatic hydroxyl groups is 1. The molecule has 4 rings (SSSR count). The summed E-state index contributed by atoms with van der Waals surface area (Å²) in [6, 6.07) is 14.7. The summed E-state index contributed by atoms with van der Waals surface area (Å²) >= 11 is 0. The molecule has 0 aromatic heterocycles. The van der Waals surface area contributed by atoms with Gasteiger partial charge in [0.05, 0.1) is 12.1 Å². The second-order valence-corrected chi connectivity index (χ2v) is 6.80. The molecule has 0 fully saturated rings. The Hall–Kier alpha value is -2.66. The third kappa shape index (κ3) is 2.61. The van der Waals surface area contributed by atoms with Crippen LogP contribution in [0.3, 0.4) is 0 Å². The normalized spacial score (nSPS) is 23.9. The molecule has 0 bridgehead atoms. The van der Waals surface area contributed by atoms with E-state index in [2.05, 4.69) is 5.32 Å². The van der Waals surface area contributed by atoms with Crippen LogP contribution in [-0.2, 0) is 16.0 Å². The maximum Gasteiger partial charge on any atom is 0.316 e. The summed E-state index contributed by atoms with van der Waals surface area (Å²) in [6.45, 7) is 2.54. The zero-order chi connectivity index (χ0) is 17.6. The van der Waals surface area contributed by atoms with Gasteiger partial charge < -0.3 is 15.3 Å². The van der Waals surface area contributed by atoms with Gasteiger partial charge in [0.2, 0.25) is 0 Å². The zero-order valence-electron chi connectivity index (χ0n) is 14.0. The van der Waals surface area contributed by atoms with Crippen molar-refractivity contribution >= 4 is 17.5 Å². The van der Waals surface area contributed by atoms with Gasteiger partial charge >= 0.3 is 11.8 Å². The summed E-state index contributed by atoms with van der Waals surface area (Å²) in [5, 5.41) is 13.0. The van der Waals surface area contributed by atoms with Gasteiger partial charge in [-0.05, 0) is 22.8 Å². The second-order valence-electron chi connectivity index (χ2n) is 6.80. The number of amides is 2. The van der Waals surface area contributed by atoms with Crippen molar-refractivity contribution in [3.05, 3.63) is 65.2 Å². The van der Waals surface area contributed by atoms with Crippen molar-refractivity contribution in [3.8, 4) is 0 Å². The van der Waals surface area contributed by atoms with E-state index in [1.54, 1.807) is 0 Å². The van der Waals surface area contributed by atoms with E-state index in [1.165, 1.54) is 4.90 Å². The molecule has 0 spiro atoms. The number of benzene rings is 2. The van der Waals surface area contributed by atoms with Crippen LogP contribution in [0, 0.1) is 0 Å². The van der Waals surface area contributed by atoms with Crippen molar-refractivity contribution in [2.24, 2.45) is 0 Å². The molecule has 5 nitrogen and oxygen atoms in total. The monoisotopic (exact) mass is 336 g/mol. The van der Waals surface area contributed by atoms with Crippen LogP contribution in [0.2, 0.25) is 0 Å². The highest BCUT2D eigenvalue weighted by Gasteiger charge is 2.37. The highest BCUT2D eigenvalue weighted by atomic mass is 16.3. The minimum absolute atomic E-state index is 0.200. The van der Waals surface area contributed by atoms with E-state index in [4.69, 9.17) is 0 Å². The first-order chi connectivity index (χ1) is 12.1. The molecule has 2 amide bonds. The highest BCUT2D eigenvalue weighted by Crippen LogP contribution is 2.36. The second kappa shape index (κ2) is 6.01. The lowest BCUT2D eigenvalue weighted by molar-refractivity contribution is -0.138. The van der Waals surface area contributed by atoms with Crippen molar-refractivity contribution in [3.63, 3.8) is 0 Å². The Morgan fingerprint density at radius 2 is 1.76 bits per heavy atom. The van der Waals surface area contributed by atoms with Crippen LogP contribution in [-0.4, -0.2) is 29.6 Å². The topological polar surface area (TPSA) is 69.6 Å². The summed E-state index contributed by atoms with van der Waals surface area (Å²) in [6.07, 6.45) is -0.224. The smallest absolute Gasteiger partial charge is 0.316 e. The molecule has 5 heteroatoms. The fraction of sp³-hybridized carbons (Fsp3) is 0.300. The number of nitrogens with one attached hydrogen (secondary N) is 1. The van der Waals surface area contributed by atoms with Gasteiger partial charge in [0.1, 0.15) is 0 Å². The van der Waals surface area contributed by atoms with Gasteiger partial charge in [-0.15, -0.1) is 0 Å². The highest BCUT2D eigenvalue weighted by molar-refractivity contribution is 6.40. The van der Waals surface area contributed by atoms with Crippen LogP contribution in [0.15, 0.2) is 48.5 Å². The standard InChI is InChI=1S/C20H20N2O3/c1-12-11-22(16-9-5-4-7-14(12)16)20(25)19(24)21-18-15-8-3-2-6-13(15)10-17(18)23/h2-9,12,17-18,23H,10-11H2,1H3,(H,21,24)/t12?,17-,18+/m1/s1. The molecule has 0 radical (unpaired) electrons. The van der Waals surface area contributed by atoms with E-state index < -0.39 is 24.0 Å². The predicted octanol–water partition coefficient (Wildman–Crippen LogP) is 1.91. The number of hydrogen-bond donors (Lipinski definition) is 2. The van der Waals surface area contributed by atoms with Gasteiger partial charge in [0.15, 0.2) is 0 Å². The fourth-order valence-electron chi connectivity index (χ4n) is 3.89. The van der Waals surface area contributed by atoms with Gasteiger partial charge in [0.25, 0.3) is 0 Å². The zero-order valence-corrected chi connectivity index (χ0v) is 14.0. The van der Waals surface area contributed by atoms with Crippen molar-refractivity contribution in [2.45, 2.75) is 31.4 Å². The summed E-state index contributed by atoms with van der Waals surface area (Å²) in [5.74, 6) is -1.05. The maximum atomic E-state index is 12.7. The van der Waals surface area contributed by atoms with Crippen LogP contribution in [0.1, 0.15) is 35.6 Å². The molecular formula is C20H20N2O3. The molecule has 1 aliphatic heterocycles. The van der Waals surface area contributed by atoms with Gasteiger partial charge in [0, 0.05) is 24.6 Å². The largest absolute Gasteiger partial charge is 0.390 e. The molecule has 128 valence electrons. The molecule has 2 aromatic rings. The Kier molecular flexibility index (Phi) is 3.81. The van der Waals surface area contributed by atoms with Crippen LogP contribution >= 0.6 is 0 Å². The number of anilines is 1. The van der Waals surface area contributed by atoms with E-state index in [1.807, 2.05) is 55.5 Å². The van der Waals surface area contributed by atoms with E-state index in [0.29, 0.717) is 13.0 Å². The number of carbonyl (C=O) groups is 2. The Balaban J connectivity index is 1.54. The number of para-hydroxylation sites is 1. The summed E-state index contributed by atoms with van der Waals surface area (Å²) < 4.78 is 0. The fourth-order valence-corrected chi connectivity index (χ4v) is 3.89. The SMILES string of the molecule is CC1CN(C(=O)C(=O)N[C@H]2c3ccccc3C[C@H]2O)c2ccccc21. The molecule has 1 unspecified atom stereocenters. The number of carbonyl (C=O) groups excluding carboxylic acids is 2. The summed E-state index contributed by atoms with van der Waals surface area (Å²) in [7, 11) is 0. The van der Waals surface area contributed by atoms with Gasteiger partial charge in [-0.25, -0.2) is 0 Å². The third-order valence-electron chi connectivity index (χ3n) is 5.14. The number of fused-ring (bicyclic) bond motifs is 2. The molecule has 1 heterocycles. The van der Waals surface area contributed by atoms with Crippen LogP contribution in [0.25, 0.3) is 0 Å².